The Morgan fingerprint density at radius 3 is 1.66 bits per heavy atom. The minimum atomic E-state index is -1.53. The Morgan fingerprint density at radius 1 is 0.660 bits per heavy atom. The average Bonchev–Trinajstić information content (AvgIpc) is 3.17. The van der Waals surface area contributed by atoms with Gasteiger partial charge in [0.25, 0.3) is 0 Å². The molecule has 11 heteroatoms. The molecule has 0 amide bonds. The molecule has 0 unspecified atom stereocenters. The van der Waals surface area contributed by atoms with E-state index in [4.69, 9.17) is 28.5 Å². The Morgan fingerprint density at radius 2 is 1.14 bits per heavy atom. The van der Waals surface area contributed by atoms with E-state index in [1.807, 2.05) is 0 Å². The Hall–Kier alpha value is -5.91. The van der Waals surface area contributed by atoms with Gasteiger partial charge in [0, 0.05) is 0 Å². The summed E-state index contributed by atoms with van der Waals surface area (Å²) in [7, 11) is 0. The van der Waals surface area contributed by atoms with Crippen molar-refractivity contribution in [1.82, 2.24) is 0 Å². The van der Waals surface area contributed by atoms with Gasteiger partial charge in [0.05, 0.1) is 28.9 Å². The molecule has 4 aromatic carbocycles. The average molecular weight is 678 g/mol. The molecular weight excluding hydrogens is 642 g/mol. The first-order valence-electron chi connectivity index (χ1n) is 15.9. The maximum Gasteiger partial charge on any atom is 0.365 e. The van der Waals surface area contributed by atoms with E-state index in [2.05, 4.69) is 11.7 Å². The van der Waals surface area contributed by atoms with Crippen LogP contribution < -0.4 is 0 Å². The molecule has 1 saturated heterocycles. The topological polar surface area (TPSA) is 136 Å². The fraction of sp³-hybridized carbons (Fsp3) is 0.205. The molecule has 0 N–H and O–H groups in total. The molecule has 50 heavy (non-hydrogen) atoms. The van der Waals surface area contributed by atoms with E-state index in [9.17, 15) is 19.2 Å². The number of allylic oxidation sites excluding steroid dienone is 1. The number of unbranched alkanes of at least 4 members (excludes halogenated alkanes) is 1. The number of nitrogens with zero attached hydrogens (tertiary/aromatic N) is 1. The lowest BCUT2D eigenvalue weighted by atomic mass is 9.98. The lowest BCUT2D eigenvalue weighted by Gasteiger charge is -2.40. The van der Waals surface area contributed by atoms with Crippen molar-refractivity contribution < 1.29 is 47.7 Å². The summed E-state index contributed by atoms with van der Waals surface area (Å²) in [6.07, 6.45) is -2.74. The summed E-state index contributed by atoms with van der Waals surface area (Å²) in [6, 6.07) is 32.7. The minimum absolute atomic E-state index is 0.132. The smallest absolute Gasteiger partial charge is 0.365 e. The first-order valence-corrected chi connectivity index (χ1v) is 15.9. The number of benzene rings is 4. The lowest BCUT2D eigenvalue weighted by molar-refractivity contribution is -0.202. The van der Waals surface area contributed by atoms with Gasteiger partial charge in [-0.05, 0) is 61.4 Å². The van der Waals surface area contributed by atoms with Crippen LogP contribution in [-0.4, -0.2) is 67.4 Å². The van der Waals surface area contributed by atoms with Crippen LogP contribution in [0.15, 0.2) is 139 Å². The largest absolute Gasteiger partial charge is 0.459 e. The third-order valence-corrected chi connectivity index (χ3v) is 7.45. The molecule has 4 aromatic rings. The van der Waals surface area contributed by atoms with Crippen molar-refractivity contribution in [2.24, 2.45) is 5.16 Å². The van der Waals surface area contributed by atoms with E-state index in [1.54, 1.807) is 115 Å². The van der Waals surface area contributed by atoms with E-state index in [-0.39, 0.29) is 34.6 Å². The van der Waals surface area contributed by atoms with Gasteiger partial charge in [0.1, 0.15) is 12.7 Å². The van der Waals surface area contributed by atoms with Crippen LogP contribution in [0.3, 0.4) is 0 Å². The zero-order chi connectivity index (χ0) is 35.1. The van der Waals surface area contributed by atoms with Gasteiger partial charge >= 0.3 is 23.9 Å². The third-order valence-electron chi connectivity index (χ3n) is 7.45. The highest BCUT2D eigenvalue weighted by atomic mass is 16.7. The second-order valence-corrected chi connectivity index (χ2v) is 11.0. The van der Waals surface area contributed by atoms with Gasteiger partial charge in [-0.25, -0.2) is 19.2 Å². The molecule has 1 aliphatic heterocycles. The van der Waals surface area contributed by atoms with Crippen LogP contribution in [0.5, 0.6) is 0 Å². The predicted molar refractivity (Wildman–Crippen MR) is 181 cm³/mol. The maximum atomic E-state index is 13.6. The van der Waals surface area contributed by atoms with Crippen LogP contribution in [0.2, 0.25) is 0 Å². The molecule has 0 bridgehead atoms. The van der Waals surface area contributed by atoms with Crippen LogP contribution in [0.1, 0.15) is 54.3 Å². The minimum Gasteiger partial charge on any atom is -0.459 e. The number of esters is 3. The predicted octanol–water partition coefficient (Wildman–Crippen LogP) is 6.22. The Labute approximate surface area is 289 Å². The summed E-state index contributed by atoms with van der Waals surface area (Å²) in [5, 5.41) is 4.10. The first-order chi connectivity index (χ1) is 24.4. The lowest BCUT2D eigenvalue weighted by Crippen LogP contribution is -2.60. The van der Waals surface area contributed by atoms with Crippen LogP contribution in [0.25, 0.3) is 0 Å². The second kappa shape index (κ2) is 18.0. The Balaban J connectivity index is 1.54. The standard InChI is InChI=1S/C39H35NO10/c1-2-3-16-25-45-39-32(40-50-38(44)30-23-14-7-15-24-30)34(49-37(43)29-21-12-6-13-22-29)33(48-36(42)28-19-10-5-11-20-28)31(47-39)26-46-35(41)27-17-8-4-9-18-27/h2,4-15,17-24,31,33-34,39H,1,3,16,25-26H2/b40-32+/t31-,33-,34+,39-/m1/s1. The highest BCUT2D eigenvalue weighted by Gasteiger charge is 2.50. The van der Waals surface area contributed by atoms with Crippen LogP contribution >= 0.6 is 0 Å². The van der Waals surface area contributed by atoms with Crippen LogP contribution in [0, 0.1) is 0 Å². The number of ether oxygens (including phenoxy) is 5. The van der Waals surface area contributed by atoms with Gasteiger partial charge < -0.3 is 28.5 Å². The summed E-state index contributed by atoms with van der Waals surface area (Å²) in [5.74, 6) is -3.07. The van der Waals surface area contributed by atoms with Crippen molar-refractivity contribution in [2.45, 2.75) is 37.4 Å². The fourth-order valence-corrected chi connectivity index (χ4v) is 4.90. The molecule has 5 rings (SSSR count). The molecule has 1 aliphatic rings. The van der Waals surface area contributed by atoms with Crippen molar-refractivity contribution >= 4 is 29.6 Å². The summed E-state index contributed by atoms with van der Waals surface area (Å²) < 4.78 is 29.9. The zero-order valence-corrected chi connectivity index (χ0v) is 27.0. The molecule has 0 saturated carbocycles. The number of oxime groups is 1. The second-order valence-electron chi connectivity index (χ2n) is 11.0. The van der Waals surface area contributed by atoms with E-state index in [1.165, 1.54) is 12.1 Å². The Bertz CT molecular complexity index is 1760. The molecule has 1 heterocycles. The molecule has 0 radical (unpaired) electrons. The molecule has 4 atom stereocenters. The zero-order valence-electron chi connectivity index (χ0n) is 27.0. The van der Waals surface area contributed by atoms with Crippen molar-refractivity contribution in [3.8, 4) is 0 Å². The van der Waals surface area contributed by atoms with E-state index < -0.39 is 55.1 Å². The molecule has 1 fully saturated rings. The van der Waals surface area contributed by atoms with Gasteiger partial charge in [-0.1, -0.05) is 84.0 Å². The highest BCUT2D eigenvalue weighted by Crippen LogP contribution is 2.28. The molecule has 11 nitrogen and oxygen atoms in total. The number of carbonyl (C=O) groups is 4. The molecule has 256 valence electrons. The van der Waals surface area contributed by atoms with Gasteiger partial charge in [-0.2, -0.15) is 0 Å². The normalized spacial score (nSPS) is 19.2. The monoisotopic (exact) mass is 677 g/mol. The first kappa shape index (κ1) is 35.4. The Kier molecular flexibility index (Phi) is 12.8. The SMILES string of the molecule is C=CCCCO[C@@H]1O[C@H](COC(=O)c2ccccc2)[C@@H](OC(=O)c2ccccc2)[C@@H](OC(=O)c2ccccc2)/C1=N\OC(=O)c1ccccc1. The summed E-state index contributed by atoms with van der Waals surface area (Å²) in [4.78, 5) is 58.4. The van der Waals surface area contributed by atoms with Crippen molar-refractivity contribution in [3.05, 3.63) is 156 Å². The quantitative estimate of drug-likeness (QED) is 0.0378. The van der Waals surface area contributed by atoms with Gasteiger partial charge in [-0.15, -0.1) is 6.58 Å². The third kappa shape index (κ3) is 9.59. The van der Waals surface area contributed by atoms with Crippen LogP contribution in [0.4, 0.5) is 0 Å². The summed E-state index contributed by atoms with van der Waals surface area (Å²) in [5.41, 5.74) is 0.655. The van der Waals surface area contributed by atoms with Gasteiger partial charge in [-0.3, -0.25) is 0 Å². The number of hydrogen-bond acceptors (Lipinski definition) is 11. The molecule has 0 aliphatic carbocycles. The molecule has 0 spiro atoms. The molecular formula is C39H35NO10. The summed E-state index contributed by atoms with van der Waals surface area (Å²) in [6.45, 7) is 3.42. The van der Waals surface area contributed by atoms with Gasteiger partial charge in [0.15, 0.2) is 17.9 Å². The highest BCUT2D eigenvalue weighted by molar-refractivity contribution is 5.98. The van der Waals surface area contributed by atoms with Gasteiger partial charge in [0.2, 0.25) is 6.29 Å². The van der Waals surface area contributed by atoms with Crippen molar-refractivity contribution in [1.29, 1.82) is 0 Å². The number of rotatable bonds is 14. The number of hydrogen-bond donors (Lipinski definition) is 0. The summed E-state index contributed by atoms with van der Waals surface area (Å²) >= 11 is 0. The fourth-order valence-electron chi connectivity index (χ4n) is 4.90. The number of carbonyl (C=O) groups excluding carboxylic acids is 4. The van der Waals surface area contributed by atoms with E-state index in [0.29, 0.717) is 12.8 Å². The maximum absolute atomic E-state index is 13.6. The van der Waals surface area contributed by atoms with Crippen LogP contribution in [-0.2, 0) is 28.5 Å². The molecule has 0 aromatic heterocycles. The van der Waals surface area contributed by atoms with E-state index >= 15 is 0 Å². The van der Waals surface area contributed by atoms with Crippen molar-refractivity contribution in [2.75, 3.05) is 13.2 Å². The van der Waals surface area contributed by atoms with Crippen molar-refractivity contribution in [3.63, 3.8) is 0 Å². The van der Waals surface area contributed by atoms with E-state index in [0.717, 1.165) is 0 Å².